The van der Waals surface area contributed by atoms with E-state index in [-0.39, 0.29) is 22.3 Å². The predicted molar refractivity (Wildman–Crippen MR) is 112 cm³/mol. The van der Waals surface area contributed by atoms with E-state index >= 15 is 0 Å². The second kappa shape index (κ2) is 7.67. The number of aromatic hydroxyl groups is 2. The van der Waals surface area contributed by atoms with Crippen LogP contribution in [0.2, 0.25) is 0 Å². The minimum Gasteiger partial charge on any atom is -0.507 e. The topological polar surface area (TPSA) is 92.3 Å². The van der Waals surface area contributed by atoms with Gasteiger partial charge in [-0.25, -0.2) is 4.79 Å². The van der Waals surface area contributed by atoms with Crippen molar-refractivity contribution in [1.29, 1.82) is 0 Å². The highest BCUT2D eigenvalue weighted by Crippen LogP contribution is 2.47. The van der Waals surface area contributed by atoms with E-state index in [1.54, 1.807) is 30.8 Å². The zero-order valence-electron chi connectivity index (χ0n) is 15.9. The summed E-state index contributed by atoms with van der Waals surface area (Å²) in [5.41, 5.74) is 1.45. The molecule has 6 nitrogen and oxygen atoms in total. The van der Waals surface area contributed by atoms with E-state index in [1.165, 1.54) is 13.2 Å². The van der Waals surface area contributed by atoms with Gasteiger partial charge in [0.15, 0.2) is 11.5 Å². The molecule has 0 radical (unpaired) electrons. The summed E-state index contributed by atoms with van der Waals surface area (Å²) >= 11 is 1.59. The Labute approximate surface area is 171 Å². The van der Waals surface area contributed by atoms with Gasteiger partial charge in [0.1, 0.15) is 17.1 Å². The molecule has 2 aromatic carbocycles. The molecule has 4 rings (SSSR count). The molecular formula is C22H19NO5S. The minimum absolute atomic E-state index is 0.0410. The third-order valence-electron chi connectivity index (χ3n) is 4.69. The average Bonchev–Trinajstić information content (AvgIpc) is 2.86. The van der Waals surface area contributed by atoms with Crippen LogP contribution in [0.5, 0.6) is 17.2 Å². The first-order valence-electron chi connectivity index (χ1n) is 9.00. The van der Waals surface area contributed by atoms with Gasteiger partial charge in [0.2, 0.25) is 0 Å². The van der Waals surface area contributed by atoms with E-state index in [0.29, 0.717) is 29.3 Å². The van der Waals surface area contributed by atoms with Gasteiger partial charge in [-0.1, -0.05) is 18.2 Å². The maximum absolute atomic E-state index is 12.5. The Morgan fingerprint density at radius 3 is 2.66 bits per heavy atom. The third-order valence-corrected chi connectivity index (χ3v) is 6.01. The van der Waals surface area contributed by atoms with Gasteiger partial charge in [0.25, 0.3) is 0 Å². The van der Waals surface area contributed by atoms with Crippen LogP contribution in [0.3, 0.4) is 0 Å². The van der Waals surface area contributed by atoms with Crippen LogP contribution in [0.1, 0.15) is 28.6 Å². The SMILES string of the molecule is COc1ccc([C@@H]2CC(c3c(O)cc(C)oc3=O)=Nc3ccccc3S2)cc1O. The van der Waals surface area contributed by atoms with Gasteiger partial charge in [-0.05, 0) is 36.8 Å². The quantitative estimate of drug-likeness (QED) is 0.650. The summed E-state index contributed by atoms with van der Waals surface area (Å²) in [6.07, 6.45) is 0.368. The van der Waals surface area contributed by atoms with E-state index in [2.05, 4.69) is 4.99 Å². The number of fused-ring (bicyclic) bond motifs is 1. The standard InChI is InChI=1S/C22H19NO5S/c1-12-9-17(25)21(22(26)28-12)15-11-20(13-7-8-18(27-2)16(24)10-13)29-19-6-4-3-5-14(19)23-15/h3-10,20,24-25H,11H2,1-2H3/t20-/m0/s1. The molecule has 2 N–H and O–H groups in total. The van der Waals surface area contributed by atoms with Crippen LogP contribution >= 0.6 is 11.8 Å². The Balaban J connectivity index is 1.85. The fourth-order valence-corrected chi connectivity index (χ4v) is 4.55. The van der Waals surface area contributed by atoms with Crippen molar-refractivity contribution in [1.82, 2.24) is 0 Å². The molecule has 148 valence electrons. The number of methoxy groups -OCH3 is 1. The number of hydrogen-bond donors (Lipinski definition) is 2. The van der Waals surface area contributed by atoms with Crippen molar-refractivity contribution in [3.63, 3.8) is 0 Å². The smallest absolute Gasteiger partial charge is 0.348 e. The number of hydrogen-bond acceptors (Lipinski definition) is 7. The first-order chi connectivity index (χ1) is 14.0. The Morgan fingerprint density at radius 1 is 1.14 bits per heavy atom. The molecule has 1 aromatic heterocycles. The monoisotopic (exact) mass is 409 g/mol. The van der Waals surface area contributed by atoms with E-state index in [4.69, 9.17) is 9.15 Å². The number of benzene rings is 2. The molecule has 1 aliphatic heterocycles. The van der Waals surface area contributed by atoms with E-state index in [0.717, 1.165) is 10.5 Å². The maximum Gasteiger partial charge on any atom is 0.348 e. The summed E-state index contributed by atoms with van der Waals surface area (Å²) < 4.78 is 10.3. The van der Waals surface area contributed by atoms with E-state index in [9.17, 15) is 15.0 Å². The zero-order chi connectivity index (χ0) is 20.5. The second-order valence-electron chi connectivity index (χ2n) is 6.67. The van der Waals surface area contributed by atoms with Crippen LogP contribution in [-0.2, 0) is 0 Å². The van der Waals surface area contributed by atoms with E-state index < -0.39 is 5.63 Å². The highest BCUT2D eigenvalue weighted by atomic mass is 32.2. The molecule has 29 heavy (non-hydrogen) atoms. The molecule has 1 aliphatic rings. The number of para-hydroxylation sites is 1. The molecule has 0 spiro atoms. The largest absolute Gasteiger partial charge is 0.507 e. The highest BCUT2D eigenvalue weighted by Gasteiger charge is 2.26. The van der Waals surface area contributed by atoms with Crippen molar-refractivity contribution in [2.45, 2.75) is 23.5 Å². The Morgan fingerprint density at radius 2 is 1.93 bits per heavy atom. The summed E-state index contributed by atoms with van der Waals surface area (Å²) in [6.45, 7) is 1.61. The predicted octanol–water partition coefficient (Wildman–Crippen LogP) is 4.73. The van der Waals surface area contributed by atoms with Gasteiger partial charge < -0.3 is 19.4 Å². The van der Waals surface area contributed by atoms with Crippen LogP contribution in [0.15, 0.2) is 67.6 Å². The lowest BCUT2D eigenvalue weighted by Gasteiger charge is -2.17. The van der Waals surface area contributed by atoms with Crippen molar-refractivity contribution < 1.29 is 19.4 Å². The lowest BCUT2D eigenvalue weighted by molar-refractivity contribution is 0.373. The number of rotatable bonds is 3. The number of aliphatic imine (C=N–C) groups is 1. The zero-order valence-corrected chi connectivity index (χ0v) is 16.7. The summed E-state index contributed by atoms with van der Waals surface area (Å²) in [6, 6.07) is 14.3. The minimum atomic E-state index is -0.623. The molecule has 0 unspecified atom stereocenters. The van der Waals surface area contributed by atoms with Crippen molar-refractivity contribution >= 4 is 23.2 Å². The lowest BCUT2D eigenvalue weighted by Crippen LogP contribution is -2.17. The van der Waals surface area contributed by atoms with Gasteiger partial charge in [0, 0.05) is 22.6 Å². The summed E-state index contributed by atoms with van der Waals surface area (Å²) in [7, 11) is 1.50. The first-order valence-corrected chi connectivity index (χ1v) is 9.88. The average molecular weight is 409 g/mol. The highest BCUT2D eigenvalue weighted by molar-refractivity contribution is 7.99. The van der Waals surface area contributed by atoms with Crippen LogP contribution in [0.4, 0.5) is 5.69 Å². The molecule has 2 heterocycles. The normalized spacial score (nSPS) is 15.9. The number of nitrogens with zero attached hydrogens (tertiary/aromatic N) is 1. The Bertz CT molecular complexity index is 1170. The number of phenolic OH excluding ortho intramolecular Hbond substituents is 1. The molecule has 0 aliphatic carbocycles. The molecule has 0 fully saturated rings. The van der Waals surface area contributed by atoms with E-state index in [1.807, 2.05) is 30.3 Å². The van der Waals surface area contributed by atoms with Gasteiger partial charge in [0.05, 0.1) is 18.5 Å². The van der Waals surface area contributed by atoms with Gasteiger partial charge in [-0.15, -0.1) is 11.8 Å². The molecule has 0 saturated carbocycles. The summed E-state index contributed by atoms with van der Waals surface area (Å²) in [5, 5.41) is 20.5. The van der Waals surface area contributed by atoms with Crippen molar-refractivity contribution in [3.8, 4) is 17.2 Å². The number of aryl methyl sites for hydroxylation is 1. The molecule has 7 heteroatoms. The van der Waals surface area contributed by atoms with Crippen molar-refractivity contribution in [2.24, 2.45) is 4.99 Å². The van der Waals surface area contributed by atoms with Gasteiger partial charge >= 0.3 is 5.63 Å². The molecule has 0 saturated heterocycles. The number of phenols is 1. The second-order valence-corrected chi connectivity index (χ2v) is 7.92. The molecular weight excluding hydrogens is 390 g/mol. The Hall–Kier alpha value is -3.19. The lowest BCUT2D eigenvalue weighted by atomic mass is 10.0. The molecule has 3 aromatic rings. The summed E-state index contributed by atoms with van der Waals surface area (Å²) in [5.74, 6) is 0.605. The first kappa shape index (κ1) is 19.1. The van der Waals surface area contributed by atoms with Gasteiger partial charge in [-0.3, -0.25) is 4.99 Å². The van der Waals surface area contributed by atoms with Crippen LogP contribution in [0, 0.1) is 6.92 Å². The molecule has 0 amide bonds. The van der Waals surface area contributed by atoms with Crippen LogP contribution < -0.4 is 10.4 Å². The van der Waals surface area contributed by atoms with Crippen LogP contribution in [0.25, 0.3) is 0 Å². The van der Waals surface area contributed by atoms with Crippen molar-refractivity contribution in [2.75, 3.05) is 7.11 Å². The summed E-state index contributed by atoms with van der Waals surface area (Å²) in [4.78, 5) is 18.1. The third kappa shape index (κ3) is 3.73. The Kier molecular flexibility index (Phi) is 5.07. The molecule has 1 atom stereocenters. The fraction of sp³-hybridized carbons (Fsp3) is 0.182. The fourth-order valence-electron chi connectivity index (χ4n) is 3.32. The van der Waals surface area contributed by atoms with Crippen LogP contribution in [-0.4, -0.2) is 23.0 Å². The number of thioether (sulfide) groups is 1. The number of ether oxygens (including phenoxy) is 1. The van der Waals surface area contributed by atoms with Gasteiger partial charge in [-0.2, -0.15) is 0 Å². The van der Waals surface area contributed by atoms with Crippen molar-refractivity contribution in [3.05, 3.63) is 75.8 Å². The maximum atomic E-state index is 12.5. The molecule has 0 bridgehead atoms.